The maximum absolute atomic E-state index is 14.3. The molecule has 2 nitrogen and oxygen atoms in total. The molecule has 1 atom stereocenters. The summed E-state index contributed by atoms with van der Waals surface area (Å²) in [4.78, 5) is 0. The monoisotopic (exact) mass is 295 g/mol. The van der Waals surface area contributed by atoms with Crippen LogP contribution in [0.2, 0.25) is 0 Å². The van der Waals surface area contributed by atoms with Crippen LogP contribution in [0.25, 0.3) is 0 Å². The van der Waals surface area contributed by atoms with E-state index in [-0.39, 0.29) is 17.7 Å². The van der Waals surface area contributed by atoms with Gasteiger partial charge in [0.05, 0.1) is 7.11 Å². The molecule has 0 amide bonds. The number of hydrogen-bond donors (Lipinski definition) is 1. The Morgan fingerprint density at radius 2 is 1.76 bits per heavy atom. The fourth-order valence-corrected chi connectivity index (χ4v) is 2.25. The van der Waals surface area contributed by atoms with Crippen molar-refractivity contribution in [3.05, 3.63) is 65.0 Å². The Balaban J connectivity index is 2.35. The average Bonchev–Trinajstić information content (AvgIpc) is 2.49. The van der Waals surface area contributed by atoms with E-state index >= 15 is 0 Å². The van der Waals surface area contributed by atoms with Gasteiger partial charge in [0.15, 0.2) is 23.2 Å². The topological polar surface area (TPSA) is 21.3 Å². The molecule has 0 saturated heterocycles. The first kappa shape index (κ1) is 15.4. The molecule has 0 aromatic heterocycles. The van der Waals surface area contributed by atoms with E-state index in [0.717, 1.165) is 6.07 Å². The van der Waals surface area contributed by atoms with Crippen molar-refractivity contribution in [3.63, 3.8) is 0 Å². The van der Waals surface area contributed by atoms with E-state index in [1.807, 2.05) is 0 Å². The van der Waals surface area contributed by atoms with Gasteiger partial charge in [-0.2, -0.15) is 0 Å². The van der Waals surface area contributed by atoms with Crippen LogP contribution in [0.15, 0.2) is 36.4 Å². The Bertz CT molecular complexity index is 631. The Morgan fingerprint density at radius 3 is 2.43 bits per heavy atom. The Morgan fingerprint density at radius 1 is 1.05 bits per heavy atom. The lowest BCUT2D eigenvalue weighted by molar-refractivity contribution is 0.380. The SMILES string of the molecule is CNC(Cc1cccc(F)c1F)c1cccc(OC)c1F. The molecule has 2 aromatic carbocycles. The minimum Gasteiger partial charge on any atom is -0.494 e. The molecule has 0 fully saturated rings. The standard InChI is InChI=1S/C16H16F3NO/c1-20-13(9-10-5-3-7-12(17)15(10)18)11-6-4-8-14(21-2)16(11)19/h3-8,13,20H,9H2,1-2H3. The van der Waals surface area contributed by atoms with E-state index in [1.165, 1.54) is 25.3 Å². The maximum atomic E-state index is 14.3. The molecule has 5 heteroatoms. The molecule has 2 rings (SSSR count). The van der Waals surface area contributed by atoms with Crippen LogP contribution >= 0.6 is 0 Å². The second kappa shape index (κ2) is 6.63. The van der Waals surface area contributed by atoms with Crippen molar-refractivity contribution in [3.8, 4) is 5.75 Å². The van der Waals surface area contributed by atoms with Gasteiger partial charge < -0.3 is 10.1 Å². The van der Waals surface area contributed by atoms with Gasteiger partial charge in [-0.25, -0.2) is 13.2 Å². The second-order valence-corrected chi connectivity index (χ2v) is 4.62. The molecule has 0 aliphatic carbocycles. The van der Waals surface area contributed by atoms with Crippen LogP contribution in [0.3, 0.4) is 0 Å². The van der Waals surface area contributed by atoms with Gasteiger partial charge in [0.2, 0.25) is 0 Å². The normalized spacial score (nSPS) is 12.2. The lowest BCUT2D eigenvalue weighted by Crippen LogP contribution is -2.21. The number of benzene rings is 2. The first-order chi connectivity index (χ1) is 10.1. The van der Waals surface area contributed by atoms with Crippen LogP contribution in [-0.2, 0) is 6.42 Å². The number of halogens is 3. The largest absolute Gasteiger partial charge is 0.494 e. The first-order valence-corrected chi connectivity index (χ1v) is 6.51. The Kier molecular flexibility index (Phi) is 4.85. The van der Waals surface area contributed by atoms with Gasteiger partial charge in [-0.1, -0.05) is 24.3 Å². The Hall–Kier alpha value is -2.01. The van der Waals surface area contributed by atoms with Crippen molar-refractivity contribution in [2.45, 2.75) is 12.5 Å². The summed E-state index contributed by atoms with van der Waals surface area (Å²) < 4.78 is 46.2. The summed E-state index contributed by atoms with van der Waals surface area (Å²) in [7, 11) is 3.02. The Labute approximate surface area is 121 Å². The molecule has 21 heavy (non-hydrogen) atoms. The molecule has 0 aliphatic rings. The predicted octanol–water partition coefficient (Wildman–Crippen LogP) is 3.62. The molecule has 0 aliphatic heterocycles. The molecular weight excluding hydrogens is 279 g/mol. The smallest absolute Gasteiger partial charge is 0.169 e. The van der Waals surface area contributed by atoms with Gasteiger partial charge in [-0.3, -0.25) is 0 Å². The lowest BCUT2D eigenvalue weighted by atomic mass is 9.98. The van der Waals surface area contributed by atoms with E-state index in [0.29, 0.717) is 5.56 Å². The number of hydrogen-bond acceptors (Lipinski definition) is 2. The summed E-state index contributed by atoms with van der Waals surface area (Å²) >= 11 is 0. The van der Waals surface area contributed by atoms with Gasteiger partial charge >= 0.3 is 0 Å². The molecule has 0 radical (unpaired) electrons. The molecule has 2 aromatic rings. The number of methoxy groups -OCH3 is 1. The van der Waals surface area contributed by atoms with Crippen LogP contribution in [0.5, 0.6) is 5.75 Å². The second-order valence-electron chi connectivity index (χ2n) is 4.62. The highest BCUT2D eigenvalue weighted by Gasteiger charge is 2.19. The number of nitrogens with one attached hydrogen (secondary N) is 1. The van der Waals surface area contributed by atoms with Gasteiger partial charge in [0, 0.05) is 11.6 Å². The van der Waals surface area contributed by atoms with E-state index in [1.54, 1.807) is 19.2 Å². The van der Waals surface area contributed by atoms with Gasteiger partial charge in [0.1, 0.15) is 0 Å². The highest BCUT2D eigenvalue weighted by molar-refractivity contribution is 5.34. The van der Waals surface area contributed by atoms with Gasteiger partial charge in [0.25, 0.3) is 0 Å². The summed E-state index contributed by atoms with van der Waals surface area (Å²) in [5, 5.41) is 2.92. The van der Waals surface area contributed by atoms with Gasteiger partial charge in [-0.05, 0) is 31.2 Å². The lowest BCUT2D eigenvalue weighted by Gasteiger charge is -2.19. The van der Waals surface area contributed by atoms with E-state index < -0.39 is 23.5 Å². The van der Waals surface area contributed by atoms with Crippen molar-refractivity contribution in [1.82, 2.24) is 5.32 Å². The van der Waals surface area contributed by atoms with E-state index in [2.05, 4.69) is 5.32 Å². The van der Waals surface area contributed by atoms with Crippen molar-refractivity contribution in [2.75, 3.05) is 14.2 Å². The highest BCUT2D eigenvalue weighted by atomic mass is 19.2. The molecule has 1 N–H and O–H groups in total. The van der Waals surface area contributed by atoms with E-state index in [4.69, 9.17) is 4.74 Å². The van der Waals surface area contributed by atoms with Crippen LogP contribution in [-0.4, -0.2) is 14.2 Å². The number of likely N-dealkylation sites (N-methyl/N-ethyl adjacent to an activating group) is 1. The fourth-order valence-electron chi connectivity index (χ4n) is 2.25. The minimum absolute atomic E-state index is 0.118. The average molecular weight is 295 g/mol. The van der Waals surface area contributed by atoms with Crippen molar-refractivity contribution in [1.29, 1.82) is 0 Å². The summed E-state index contributed by atoms with van der Waals surface area (Å²) in [5.41, 5.74) is 0.539. The quantitative estimate of drug-likeness (QED) is 0.909. The predicted molar refractivity (Wildman–Crippen MR) is 74.8 cm³/mol. The third-order valence-electron chi connectivity index (χ3n) is 3.39. The van der Waals surface area contributed by atoms with Crippen molar-refractivity contribution < 1.29 is 17.9 Å². The summed E-state index contributed by atoms with van der Waals surface area (Å²) in [5.74, 6) is -2.20. The zero-order chi connectivity index (χ0) is 15.4. The van der Waals surface area contributed by atoms with Crippen LogP contribution in [0, 0.1) is 17.5 Å². The molecule has 112 valence electrons. The number of ether oxygens (including phenoxy) is 1. The molecule has 0 saturated carbocycles. The molecule has 0 spiro atoms. The van der Waals surface area contributed by atoms with Crippen molar-refractivity contribution in [2.24, 2.45) is 0 Å². The molecule has 0 heterocycles. The zero-order valence-corrected chi connectivity index (χ0v) is 11.8. The molecule has 1 unspecified atom stereocenters. The first-order valence-electron chi connectivity index (χ1n) is 6.51. The molecule has 0 bridgehead atoms. The van der Waals surface area contributed by atoms with Crippen LogP contribution < -0.4 is 10.1 Å². The summed E-state index contributed by atoms with van der Waals surface area (Å²) in [6, 6.07) is 8.24. The third-order valence-corrected chi connectivity index (χ3v) is 3.39. The van der Waals surface area contributed by atoms with Crippen LogP contribution in [0.4, 0.5) is 13.2 Å². The zero-order valence-electron chi connectivity index (χ0n) is 11.8. The fraction of sp³-hybridized carbons (Fsp3) is 0.250. The minimum atomic E-state index is -0.909. The van der Waals surface area contributed by atoms with E-state index in [9.17, 15) is 13.2 Å². The number of rotatable bonds is 5. The summed E-state index contributed by atoms with van der Waals surface area (Å²) in [6.45, 7) is 0. The third kappa shape index (κ3) is 3.19. The van der Waals surface area contributed by atoms with Crippen molar-refractivity contribution >= 4 is 0 Å². The van der Waals surface area contributed by atoms with Crippen LogP contribution in [0.1, 0.15) is 17.2 Å². The maximum Gasteiger partial charge on any atom is 0.169 e. The highest BCUT2D eigenvalue weighted by Crippen LogP contribution is 2.28. The molecular formula is C16H16F3NO. The summed E-state index contributed by atoms with van der Waals surface area (Å²) in [6.07, 6.45) is 0.129. The van der Waals surface area contributed by atoms with Gasteiger partial charge in [-0.15, -0.1) is 0 Å².